The molecule has 3 rings (SSSR count). The van der Waals surface area contributed by atoms with E-state index >= 15 is 0 Å². The van der Waals surface area contributed by atoms with Crippen molar-refractivity contribution >= 4 is 5.91 Å². The molecule has 1 unspecified atom stereocenters. The van der Waals surface area contributed by atoms with Crippen LogP contribution in [0.15, 0.2) is 54.9 Å². The molecule has 1 fully saturated rings. The van der Waals surface area contributed by atoms with E-state index in [1.165, 1.54) is 19.4 Å². The molecular weight excluding hydrogens is 346 g/mol. The van der Waals surface area contributed by atoms with Gasteiger partial charge in [-0.15, -0.1) is 0 Å². The van der Waals surface area contributed by atoms with Gasteiger partial charge in [-0.1, -0.05) is 50.2 Å². The van der Waals surface area contributed by atoms with Crippen LogP contribution in [0.3, 0.4) is 0 Å². The van der Waals surface area contributed by atoms with Crippen LogP contribution in [0.4, 0.5) is 0 Å². The number of hydrogen-bond acceptors (Lipinski definition) is 3. The number of nitrogens with one attached hydrogen (secondary N) is 1. The van der Waals surface area contributed by atoms with Crippen LogP contribution in [-0.4, -0.2) is 42.0 Å². The highest BCUT2D eigenvalue weighted by atomic mass is 16.1. The molecule has 4 heteroatoms. The van der Waals surface area contributed by atoms with E-state index in [4.69, 9.17) is 0 Å². The average molecular weight is 380 g/mol. The second-order valence-corrected chi connectivity index (χ2v) is 8.41. The van der Waals surface area contributed by atoms with Crippen molar-refractivity contribution in [2.45, 2.75) is 39.0 Å². The summed E-state index contributed by atoms with van der Waals surface area (Å²) in [7, 11) is 0. The third-order valence-electron chi connectivity index (χ3n) is 5.58. The van der Waals surface area contributed by atoms with Crippen LogP contribution in [0, 0.1) is 11.8 Å². The zero-order valence-corrected chi connectivity index (χ0v) is 17.2. The number of aromatic nitrogens is 1. The van der Waals surface area contributed by atoms with Gasteiger partial charge < -0.3 is 10.2 Å². The molecule has 1 aliphatic heterocycles. The number of carbonyl (C=O) groups excluding carboxylic acids is 1. The Kier molecular flexibility index (Phi) is 7.61. The predicted octanol–water partition coefficient (Wildman–Crippen LogP) is 3.89. The van der Waals surface area contributed by atoms with E-state index in [-0.39, 0.29) is 11.8 Å². The molecule has 0 radical (unpaired) electrons. The van der Waals surface area contributed by atoms with E-state index in [0.29, 0.717) is 12.3 Å². The molecule has 1 saturated heterocycles. The maximum Gasteiger partial charge on any atom is 0.227 e. The molecule has 1 atom stereocenters. The number of hydrogen-bond donors (Lipinski definition) is 1. The fraction of sp³-hybridized carbons (Fsp3) is 0.500. The minimum Gasteiger partial charge on any atom is -0.355 e. The van der Waals surface area contributed by atoms with Crippen LogP contribution < -0.4 is 5.32 Å². The Morgan fingerprint density at radius 1 is 1.14 bits per heavy atom. The third-order valence-corrected chi connectivity index (χ3v) is 5.58. The molecular formula is C24H33N3O. The van der Waals surface area contributed by atoms with Crippen LogP contribution in [0.25, 0.3) is 0 Å². The predicted molar refractivity (Wildman–Crippen MR) is 114 cm³/mol. The van der Waals surface area contributed by atoms with E-state index < -0.39 is 0 Å². The highest BCUT2D eigenvalue weighted by Crippen LogP contribution is 2.22. The molecule has 150 valence electrons. The molecule has 0 aliphatic carbocycles. The second-order valence-electron chi connectivity index (χ2n) is 8.41. The SMILES string of the molecule is CC(C)CN1CCC(CNC(=O)C(Cc2cccnc2)c2ccccc2)CC1. The number of likely N-dealkylation sites (tertiary alicyclic amines) is 1. The lowest BCUT2D eigenvalue weighted by atomic mass is 9.91. The number of piperidine rings is 1. The quantitative estimate of drug-likeness (QED) is 0.757. The van der Waals surface area contributed by atoms with Gasteiger partial charge in [0.25, 0.3) is 0 Å². The number of nitrogens with zero attached hydrogens (tertiary/aromatic N) is 2. The number of amides is 1. The second kappa shape index (κ2) is 10.4. The first-order chi connectivity index (χ1) is 13.6. The van der Waals surface area contributed by atoms with Crippen molar-refractivity contribution in [3.05, 3.63) is 66.0 Å². The van der Waals surface area contributed by atoms with Crippen LogP contribution >= 0.6 is 0 Å². The van der Waals surface area contributed by atoms with Gasteiger partial charge in [0.1, 0.15) is 0 Å². The fourth-order valence-electron chi connectivity index (χ4n) is 4.06. The summed E-state index contributed by atoms with van der Waals surface area (Å²) >= 11 is 0. The van der Waals surface area contributed by atoms with Crippen molar-refractivity contribution in [3.8, 4) is 0 Å². The van der Waals surface area contributed by atoms with Gasteiger partial charge in [-0.05, 0) is 61.4 Å². The van der Waals surface area contributed by atoms with Crippen molar-refractivity contribution in [3.63, 3.8) is 0 Å². The summed E-state index contributed by atoms with van der Waals surface area (Å²) in [4.78, 5) is 19.8. The van der Waals surface area contributed by atoms with Crippen molar-refractivity contribution in [2.75, 3.05) is 26.2 Å². The fourth-order valence-corrected chi connectivity index (χ4v) is 4.06. The number of carbonyl (C=O) groups is 1. The van der Waals surface area contributed by atoms with Crippen LogP contribution in [0.2, 0.25) is 0 Å². The highest BCUT2D eigenvalue weighted by Gasteiger charge is 2.24. The third kappa shape index (κ3) is 6.16. The molecule has 1 aromatic carbocycles. The first-order valence-electron chi connectivity index (χ1n) is 10.6. The zero-order chi connectivity index (χ0) is 19.8. The summed E-state index contributed by atoms with van der Waals surface area (Å²) in [5.74, 6) is 1.25. The zero-order valence-electron chi connectivity index (χ0n) is 17.2. The lowest BCUT2D eigenvalue weighted by Crippen LogP contribution is -2.41. The highest BCUT2D eigenvalue weighted by molar-refractivity contribution is 5.84. The van der Waals surface area contributed by atoms with E-state index in [0.717, 1.165) is 36.7 Å². The number of benzene rings is 1. The molecule has 28 heavy (non-hydrogen) atoms. The van der Waals surface area contributed by atoms with E-state index in [9.17, 15) is 4.79 Å². The van der Waals surface area contributed by atoms with Gasteiger partial charge in [0, 0.05) is 25.5 Å². The van der Waals surface area contributed by atoms with E-state index in [2.05, 4.69) is 29.0 Å². The Bertz CT molecular complexity index is 709. The maximum absolute atomic E-state index is 13.1. The van der Waals surface area contributed by atoms with Crippen LogP contribution in [0.5, 0.6) is 0 Å². The van der Waals surface area contributed by atoms with Gasteiger partial charge in [0.2, 0.25) is 5.91 Å². The average Bonchev–Trinajstić information content (AvgIpc) is 2.72. The Morgan fingerprint density at radius 3 is 2.54 bits per heavy atom. The van der Waals surface area contributed by atoms with Gasteiger partial charge in [0.15, 0.2) is 0 Å². The Labute approximate surface area is 169 Å². The van der Waals surface area contributed by atoms with Crippen LogP contribution in [0.1, 0.15) is 43.7 Å². The monoisotopic (exact) mass is 379 g/mol. The summed E-state index contributed by atoms with van der Waals surface area (Å²) in [6, 6.07) is 14.1. The Morgan fingerprint density at radius 2 is 1.89 bits per heavy atom. The van der Waals surface area contributed by atoms with Gasteiger partial charge in [-0.25, -0.2) is 0 Å². The molecule has 0 bridgehead atoms. The smallest absolute Gasteiger partial charge is 0.227 e. The van der Waals surface area contributed by atoms with Crippen molar-refractivity contribution in [2.24, 2.45) is 11.8 Å². The van der Waals surface area contributed by atoms with Crippen LogP contribution in [-0.2, 0) is 11.2 Å². The van der Waals surface area contributed by atoms with Crippen molar-refractivity contribution in [1.29, 1.82) is 0 Å². The summed E-state index contributed by atoms with van der Waals surface area (Å²) < 4.78 is 0. The molecule has 1 amide bonds. The van der Waals surface area contributed by atoms with Crippen molar-refractivity contribution in [1.82, 2.24) is 15.2 Å². The lowest BCUT2D eigenvalue weighted by molar-refractivity contribution is -0.122. The molecule has 4 nitrogen and oxygen atoms in total. The normalized spacial score (nSPS) is 16.8. The Hall–Kier alpha value is -2.20. The topological polar surface area (TPSA) is 45.2 Å². The summed E-state index contributed by atoms with van der Waals surface area (Å²) in [5, 5.41) is 3.25. The molecule has 0 spiro atoms. The van der Waals surface area contributed by atoms with Gasteiger partial charge in [-0.3, -0.25) is 9.78 Å². The van der Waals surface area contributed by atoms with E-state index in [1.807, 2.05) is 48.7 Å². The summed E-state index contributed by atoms with van der Waals surface area (Å²) in [6.07, 6.45) is 6.65. The molecule has 2 aromatic rings. The largest absolute Gasteiger partial charge is 0.355 e. The molecule has 0 saturated carbocycles. The number of rotatable bonds is 8. The minimum absolute atomic E-state index is 0.125. The summed E-state index contributed by atoms with van der Waals surface area (Å²) in [5.41, 5.74) is 2.16. The van der Waals surface area contributed by atoms with Gasteiger partial charge in [-0.2, -0.15) is 0 Å². The molecule has 1 N–H and O–H groups in total. The standard InChI is InChI=1S/C24H33N3O/c1-19(2)18-27-13-10-20(11-14-27)17-26-24(28)23(22-8-4-3-5-9-22)15-21-7-6-12-25-16-21/h3-9,12,16,19-20,23H,10-11,13-15,17-18H2,1-2H3,(H,26,28). The molecule has 2 heterocycles. The first kappa shape index (κ1) is 20.5. The van der Waals surface area contributed by atoms with E-state index in [1.54, 1.807) is 6.20 Å². The Balaban J connectivity index is 1.56. The first-order valence-corrected chi connectivity index (χ1v) is 10.6. The van der Waals surface area contributed by atoms with Gasteiger partial charge in [0.05, 0.1) is 5.92 Å². The lowest BCUT2D eigenvalue weighted by Gasteiger charge is -2.33. The maximum atomic E-state index is 13.1. The van der Waals surface area contributed by atoms with Gasteiger partial charge >= 0.3 is 0 Å². The minimum atomic E-state index is -0.175. The molecule has 1 aromatic heterocycles. The molecule has 1 aliphatic rings. The summed E-state index contributed by atoms with van der Waals surface area (Å²) in [6.45, 7) is 8.81. The van der Waals surface area contributed by atoms with Crippen molar-refractivity contribution < 1.29 is 4.79 Å². The number of pyridine rings is 1.